The Morgan fingerprint density at radius 1 is 1.30 bits per heavy atom. The molecule has 2 N–H and O–H groups in total. The van der Waals surface area contributed by atoms with E-state index >= 15 is 0 Å². The highest BCUT2D eigenvalue weighted by atomic mass is 35.5. The molecule has 2 aromatic rings. The third-order valence-electron chi connectivity index (χ3n) is 4.12. The van der Waals surface area contributed by atoms with E-state index in [1.165, 1.54) is 0 Å². The Morgan fingerprint density at radius 3 is 2.83 bits per heavy atom. The normalized spacial score (nSPS) is 17.0. The highest BCUT2D eigenvalue weighted by molar-refractivity contribution is 6.32. The maximum atomic E-state index is 12.7. The lowest BCUT2D eigenvalue weighted by molar-refractivity contribution is 0.102. The summed E-state index contributed by atoms with van der Waals surface area (Å²) in [5, 5.41) is 6.73. The van der Waals surface area contributed by atoms with Gasteiger partial charge in [0, 0.05) is 17.8 Å². The zero-order chi connectivity index (χ0) is 16.2. The molecule has 1 heterocycles. The first-order valence-electron chi connectivity index (χ1n) is 7.63. The van der Waals surface area contributed by atoms with Gasteiger partial charge in [0.25, 0.3) is 5.91 Å². The van der Waals surface area contributed by atoms with Crippen molar-refractivity contribution in [3.05, 3.63) is 58.6 Å². The lowest BCUT2D eigenvalue weighted by Crippen LogP contribution is -2.17. The number of benzene rings is 2. The first-order chi connectivity index (χ1) is 11.2. The number of hydrogen-bond acceptors (Lipinski definition) is 3. The Bertz CT molecular complexity index is 712. The summed E-state index contributed by atoms with van der Waals surface area (Å²) in [4.78, 5) is 12.7. The molecule has 0 unspecified atom stereocenters. The van der Waals surface area contributed by atoms with Crippen LogP contribution in [0.1, 0.15) is 28.3 Å². The summed E-state index contributed by atoms with van der Waals surface area (Å²) in [5.41, 5.74) is 2.46. The Morgan fingerprint density at radius 2 is 2.13 bits per heavy atom. The van der Waals surface area contributed by atoms with Gasteiger partial charge in [-0.3, -0.25) is 4.79 Å². The molecule has 2 aromatic carbocycles. The molecule has 1 fully saturated rings. The van der Waals surface area contributed by atoms with Crippen LogP contribution >= 0.6 is 11.6 Å². The SMILES string of the molecule is COc1ccc(NC(=O)c2ccccc2[C@@H]2CCNC2)cc1Cl. The van der Waals surface area contributed by atoms with Gasteiger partial charge in [-0.15, -0.1) is 0 Å². The number of amides is 1. The summed E-state index contributed by atoms with van der Waals surface area (Å²) in [6, 6.07) is 13.0. The van der Waals surface area contributed by atoms with Gasteiger partial charge in [-0.05, 0) is 48.7 Å². The molecule has 4 nitrogen and oxygen atoms in total. The number of hydrogen-bond donors (Lipinski definition) is 2. The zero-order valence-electron chi connectivity index (χ0n) is 12.9. The number of carbonyl (C=O) groups excluding carboxylic acids is 1. The van der Waals surface area contributed by atoms with Crippen LogP contribution in [0.5, 0.6) is 5.75 Å². The lowest BCUT2D eigenvalue weighted by atomic mass is 9.93. The quantitative estimate of drug-likeness (QED) is 0.899. The van der Waals surface area contributed by atoms with Gasteiger partial charge in [-0.25, -0.2) is 0 Å². The van der Waals surface area contributed by atoms with E-state index in [0.717, 1.165) is 25.1 Å². The van der Waals surface area contributed by atoms with Crippen molar-refractivity contribution in [3.63, 3.8) is 0 Å². The summed E-state index contributed by atoms with van der Waals surface area (Å²) in [6.07, 6.45) is 1.05. The van der Waals surface area contributed by atoms with Crippen LogP contribution in [-0.4, -0.2) is 26.1 Å². The van der Waals surface area contributed by atoms with Gasteiger partial charge in [0.05, 0.1) is 12.1 Å². The number of halogens is 1. The van der Waals surface area contributed by atoms with Gasteiger partial charge < -0.3 is 15.4 Å². The van der Waals surface area contributed by atoms with Crippen molar-refractivity contribution in [3.8, 4) is 5.75 Å². The summed E-state index contributed by atoms with van der Waals surface area (Å²) in [6.45, 7) is 1.91. The Hall–Kier alpha value is -2.04. The summed E-state index contributed by atoms with van der Waals surface area (Å²) >= 11 is 6.11. The lowest BCUT2D eigenvalue weighted by Gasteiger charge is -2.15. The molecular weight excluding hydrogens is 312 g/mol. The minimum Gasteiger partial charge on any atom is -0.495 e. The fourth-order valence-corrected chi connectivity index (χ4v) is 3.18. The zero-order valence-corrected chi connectivity index (χ0v) is 13.7. The second-order valence-corrected chi connectivity index (χ2v) is 5.99. The van der Waals surface area contributed by atoms with Crippen molar-refractivity contribution in [1.82, 2.24) is 5.32 Å². The smallest absolute Gasteiger partial charge is 0.255 e. The van der Waals surface area contributed by atoms with Crippen LogP contribution in [0.15, 0.2) is 42.5 Å². The molecule has 0 saturated carbocycles. The molecule has 3 rings (SSSR count). The van der Waals surface area contributed by atoms with Gasteiger partial charge in [-0.1, -0.05) is 29.8 Å². The topological polar surface area (TPSA) is 50.4 Å². The number of anilines is 1. The van der Waals surface area contributed by atoms with Gasteiger partial charge in [0.15, 0.2) is 0 Å². The number of nitrogens with one attached hydrogen (secondary N) is 2. The van der Waals surface area contributed by atoms with E-state index in [1.807, 2.05) is 24.3 Å². The molecule has 0 spiro atoms. The van der Waals surface area contributed by atoms with Gasteiger partial charge >= 0.3 is 0 Å². The second kappa shape index (κ2) is 7.02. The van der Waals surface area contributed by atoms with Gasteiger partial charge in [0.2, 0.25) is 0 Å². The Balaban J connectivity index is 1.82. The van der Waals surface area contributed by atoms with Crippen LogP contribution in [0, 0.1) is 0 Å². The van der Waals surface area contributed by atoms with Crippen molar-refractivity contribution in [1.29, 1.82) is 0 Å². The number of methoxy groups -OCH3 is 1. The van der Waals surface area contributed by atoms with Gasteiger partial charge in [-0.2, -0.15) is 0 Å². The molecule has 1 amide bonds. The summed E-state index contributed by atoms with van der Waals surface area (Å²) in [7, 11) is 1.56. The molecule has 5 heteroatoms. The highest BCUT2D eigenvalue weighted by Gasteiger charge is 2.22. The summed E-state index contributed by atoms with van der Waals surface area (Å²) < 4.78 is 5.12. The largest absolute Gasteiger partial charge is 0.495 e. The number of ether oxygens (including phenoxy) is 1. The van der Waals surface area contributed by atoms with Crippen molar-refractivity contribution in [2.45, 2.75) is 12.3 Å². The van der Waals surface area contributed by atoms with Crippen LogP contribution in [0.25, 0.3) is 0 Å². The Labute approximate surface area is 140 Å². The van der Waals surface area contributed by atoms with Crippen LogP contribution < -0.4 is 15.4 Å². The molecular formula is C18H19ClN2O2. The fraction of sp³-hybridized carbons (Fsp3) is 0.278. The molecule has 120 valence electrons. The molecule has 1 aliphatic heterocycles. The minimum absolute atomic E-state index is 0.117. The monoisotopic (exact) mass is 330 g/mol. The molecule has 0 bridgehead atoms. The molecule has 0 radical (unpaired) electrons. The molecule has 1 saturated heterocycles. The molecule has 1 atom stereocenters. The highest BCUT2D eigenvalue weighted by Crippen LogP contribution is 2.29. The number of rotatable bonds is 4. The first kappa shape index (κ1) is 15.8. The average molecular weight is 331 g/mol. The molecule has 23 heavy (non-hydrogen) atoms. The predicted molar refractivity (Wildman–Crippen MR) is 92.6 cm³/mol. The minimum atomic E-state index is -0.117. The molecule has 1 aliphatic rings. The van der Waals surface area contributed by atoms with E-state index in [1.54, 1.807) is 25.3 Å². The maximum Gasteiger partial charge on any atom is 0.255 e. The predicted octanol–water partition coefficient (Wildman–Crippen LogP) is 3.68. The van der Waals surface area contributed by atoms with Crippen molar-refractivity contribution in [2.75, 3.05) is 25.5 Å². The van der Waals surface area contributed by atoms with E-state index in [9.17, 15) is 4.79 Å². The van der Waals surface area contributed by atoms with Crippen LogP contribution in [0.4, 0.5) is 5.69 Å². The van der Waals surface area contributed by atoms with Crippen LogP contribution in [-0.2, 0) is 0 Å². The van der Waals surface area contributed by atoms with E-state index in [0.29, 0.717) is 27.9 Å². The van der Waals surface area contributed by atoms with E-state index in [-0.39, 0.29) is 5.91 Å². The second-order valence-electron chi connectivity index (χ2n) is 5.58. The summed E-state index contributed by atoms with van der Waals surface area (Å²) in [5.74, 6) is 0.854. The standard InChI is InChI=1S/C18H19ClN2O2/c1-23-17-7-6-13(10-16(17)19)21-18(22)15-5-3-2-4-14(15)12-8-9-20-11-12/h2-7,10,12,20H,8-9,11H2,1H3,(H,21,22)/t12-/m1/s1. The maximum absolute atomic E-state index is 12.7. The van der Waals surface area contributed by atoms with Gasteiger partial charge in [0.1, 0.15) is 5.75 Å². The third-order valence-corrected chi connectivity index (χ3v) is 4.41. The fourth-order valence-electron chi connectivity index (χ4n) is 2.92. The average Bonchev–Trinajstić information content (AvgIpc) is 3.09. The number of carbonyl (C=O) groups is 1. The molecule has 0 aliphatic carbocycles. The van der Waals surface area contributed by atoms with Crippen molar-refractivity contribution < 1.29 is 9.53 Å². The molecule has 0 aromatic heterocycles. The van der Waals surface area contributed by atoms with Crippen molar-refractivity contribution >= 4 is 23.2 Å². The van der Waals surface area contributed by atoms with E-state index < -0.39 is 0 Å². The Kier molecular flexibility index (Phi) is 4.84. The van der Waals surface area contributed by atoms with E-state index in [2.05, 4.69) is 10.6 Å². The third kappa shape index (κ3) is 3.49. The van der Waals surface area contributed by atoms with Crippen molar-refractivity contribution in [2.24, 2.45) is 0 Å². The van der Waals surface area contributed by atoms with E-state index in [4.69, 9.17) is 16.3 Å². The van der Waals surface area contributed by atoms with Crippen LogP contribution in [0.2, 0.25) is 5.02 Å². The first-order valence-corrected chi connectivity index (χ1v) is 8.01. The van der Waals surface area contributed by atoms with Crippen LogP contribution in [0.3, 0.4) is 0 Å².